The van der Waals surface area contributed by atoms with Crippen LogP contribution in [-0.2, 0) is 4.74 Å². The summed E-state index contributed by atoms with van der Waals surface area (Å²) in [6.45, 7) is 2.84. The minimum Gasteiger partial charge on any atom is -0.385 e. The number of thiophene rings is 1. The van der Waals surface area contributed by atoms with Crippen molar-refractivity contribution in [1.82, 2.24) is 0 Å². The van der Waals surface area contributed by atoms with E-state index in [1.807, 2.05) is 11.4 Å². The van der Waals surface area contributed by atoms with E-state index in [-0.39, 0.29) is 6.10 Å². The Hall–Kier alpha value is -0.0900. The zero-order valence-corrected chi connectivity index (χ0v) is 9.52. The Morgan fingerprint density at radius 2 is 2.50 bits per heavy atom. The summed E-state index contributed by atoms with van der Waals surface area (Å²) in [6, 6.07) is 1.81. The molecule has 2 nitrogen and oxygen atoms in total. The molecule has 1 aromatic rings. The zero-order valence-electron chi connectivity index (χ0n) is 7.94. The average Bonchev–Trinajstić information content (AvgIpc) is 2.73. The van der Waals surface area contributed by atoms with Crippen LogP contribution in [0.15, 0.2) is 11.4 Å². The maximum absolute atomic E-state index is 10.1. The van der Waals surface area contributed by atoms with Crippen molar-refractivity contribution >= 4 is 22.9 Å². The van der Waals surface area contributed by atoms with Crippen LogP contribution in [0, 0.1) is 5.92 Å². The number of hydrogen-bond donors (Lipinski definition) is 1. The SMILES string of the molecule is CC1CCOC1C(O)c1sccc1Cl. The fraction of sp³-hybridized carbons (Fsp3) is 0.600. The van der Waals surface area contributed by atoms with Crippen LogP contribution in [0.4, 0.5) is 0 Å². The van der Waals surface area contributed by atoms with E-state index in [1.165, 1.54) is 11.3 Å². The summed E-state index contributed by atoms with van der Waals surface area (Å²) in [6.07, 6.45) is 0.358. The summed E-state index contributed by atoms with van der Waals surface area (Å²) in [4.78, 5) is 0.824. The molecule has 1 saturated heterocycles. The second-order valence-corrected chi connectivity index (χ2v) is 5.03. The highest BCUT2D eigenvalue weighted by molar-refractivity contribution is 7.10. The van der Waals surface area contributed by atoms with Crippen LogP contribution < -0.4 is 0 Å². The molecule has 1 fully saturated rings. The summed E-state index contributed by atoms with van der Waals surface area (Å²) in [7, 11) is 0. The van der Waals surface area contributed by atoms with Crippen molar-refractivity contribution in [3.63, 3.8) is 0 Å². The quantitative estimate of drug-likeness (QED) is 0.850. The third-order valence-electron chi connectivity index (χ3n) is 2.67. The fourth-order valence-corrected chi connectivity index (χ4v) is 2.97. The molecular weight excluding hydrogens is 220 g/mol. The van der Waals surface area contributed by atoms with Crippen LogP contribution in [0.5, 0.6) is 0 Å². The molecule has 4 heteroatoms. The first-order valence-electron chi connectivity index (χ1n) is 4.72. The molecule has 3 atom stereocenters. The van der Waals surface area contributed by atoms with Crippen LogP contribution in [0.2, 0.25) is 5.02 Å². The van der Waals surface area contributed by atoms with Gasteiger partial charge in [0.2, 0.25) is 0 Å². The molecule has 0 saturated carbocycles. The van der Waals surface area contributed by atoms with Crippen molar-refractivity contribution in [2.45, 2.75) is 25.6 Å². The number of halogens is 1. The summed E-state index contributed by atoms with van der Waals surface area (Å²) in [5, 5.41) is 12.6. The first-order valence-corrected chi connectivity index (χ1v) is 5.98. The molecule has 1 aliphatic rings. The van der Waals surface area contributed by atoms with Gasteiger partial charge < -0.3 is 9.84 Å². The zero-order chi connectivity index (χ0) is 10.1. The van der Waals surface area contributed by atoms with Crippen molar-refractivity contribution < 1.29 is 9.84 Å². The monoisotopic (exact) mass is 232 g/mol. The lowest BCUT2D eigenvalue weighted by atomic mass is 9.99. The molecule has 0 spiro atoms. The van der Waals surface area contributed by atoms with Crippen molar-refractivity contribution in [3.05, 3.63) is 21.3 Å². The second-order valence-electron chi connectivity index (χ2n) is 3.68. The maximum atomic E-state index is 10.1. The summed E-state index contributed by atoms with van der Waals surface area (Å²) in [5.41, 5.74) is 0. The molecule has 0 aromatic carbocycles. The highest BCUT2D eigenvalue weighted by Gasteiger charge is 2.33. The van der Waals surface area contributed by atoms with E-state index in [0.717, 1.165) is 17.9 Å². The van der Waals surface area contributed by atoms with Gasteiger partial charge in [-0.15, -0.1) is 11.3 Å². The molecule has 0 amide bonds. The van der Waals surface area contributed by atoms with Crippen molar-refractivity contribution in [3.8, 4) is 0 Å². The maximum Gasteiger partial charge on any atom is 0.116 e. The molecular formula is C10H13ClO2S. The molecule has 2 heterocycles. The van der Waals surface area contributed by atoms with E-state index in [0.29, 0.717) is 10.9 Å². The largest absolute Gasteiger partial charge is 0.385 e. The predicted molar refractivity (Wildman–Crippen MR) is 57.8 cm³/mol. The Bertz CT molecular complexity index is 313. The highest BCUT2D eigenvalue weighted by atomic mass is 35.5. The lowest BCUT2D eigenvalue weighted by Gasteiger charge is -2.20. The molecule has 0 bridgehead atoms. The third kappa shape index (κ3) is 1.82. The minimum atomic E-state index is -0.569. The number of hydrogen-bond acceptors (Lipinski definition) is 3. The van der Waals surface area contributed by atoms with Crippen molar-refractivity contribution in [1.29, 1.82) is 0 Å². The molecule has 1 N–H and O–H groups in total. The molecule has 3 unspecified atom stereocenters. The van der Waals surface area contributed by atoms with Gasteiger partial charge in [-0.2, -0.15) is 0 Å². The number of aliphatic hydroxyl groups is 1. The smallest absolute Gasteiger partial charge is 0.116 e. The third-order valence-corrected chi connectivity index (χ3v) is 4.10. The van der Waals surface area contributed by atoms with Gasteiger partial charge in [0.1, 0.15) is 6.10 Å². The van der Waals surface area contributed by atoms with E-state index in [2.05, 4.69) is 6.92 Å². The Balaban J connectivity index is 2.15. The van der Waals surface area contributed by atoms with Gasteiger partial charge in [0.25, 0.3) is 0 Å². The van der Waals surface area contributed by atoms with Crippen LogP contribution >= 0.6 is 22.9 Å². The van der Waals surface area contributed by atoms with Gasteiger partial charge in [0.15, 0.2) is 0 Å². The van der Waals surface area contributed by atoms with Crippen LogP contribution in [0.3, 0.4) is 0 Å². The first-order chi connectivity index (χ1) is 6.70. The van der Waals surface area contributed by atoms with E-state index < -0.39 is 6.10 Å². The topological polar surface area (TPSA) is 29.5 Å². The lowest BCUT2D eigenvalue weighted by molar-refractivity contribution is -0.0160. The molecule has 2 rings (SSSR count). The first kappa shape index (κ1) is 10.4. The molecule has 1 aromatic heterocycles. The molecule has 78 valence electrons. The van der Waals surface area contributed by atoms with Crippen LogP contribution in [0.25, 0.3) is 0 Å². The number of ether oxygens (including phenoxy) is 1. The van der Waals surface area contributed by atoms with Crippen LogP contribution in [-0.4, -0.2) is 17.8 Å². The standard InChI is InChI=1S/C10H13ClO2S/c1-6-2-4-13-9(6)8(12)10-7(11)3-5-14-10/h3,5-6,8-9,12H,2,4H2,1H3. The van der Waals surface area contributed by atoms with Crippen LogP contribution in [0.1, 0.15) is 24.3 Å². The van der Waals surface area contributed by atoms with Gasteiger partial charge in [-0.25, -0.2) is 0 Å². The van der Waals surface area contributed by atoms with Crippen molar-refractivity contribution in [2.75, 3.05) is 6.61 Å². The van der Waals surface area contributed by atoms with E-state index in [4.69, 9.17) is 16.3 Å². The van der Waals surface area contributed by atoms with Gasteiger partial charge in [-0.3, -0.25) is 0 Å². The Morgan fingerprint density at radius 1 is 1.71 bits per heavy atom. The molecule has 1 aliphatic heterocycles. The van der Waals surface area contributed by atoms with E-state index in [9.17, 15) is 5.11 Å². The van der Waals surface area contributed by atoms with Gasteiger partial charge in [-0.05, 0) is 23.8 Å². The molecule has 14 heavy (non-hydrogen) atoms. The summed E-state index contributed by atoms with van der Waals surface area (Å²) in [5.74, 6) is 0.406. The van der Waals surface area contributed by atoms with Crippen molar-refractivity contribution in [2.24, 2.45) is 5.92 Å². The Kier molecular flexibility index (Phi) is 3.12. The Morgan fingerprint density at radius 3 is 3.00 bits per heavy atom. The fourth-order valence-electron chi connectivity index (χ4n) is 1.79. The minimum absolute atomic E-state index is 0.0915. The average molecular weight is 233 g/mol. The highest BCUT2D eigenvalue weighted by Crippen LogP contribution is 2.36. The second kappa shape index (κ2) is 4.19. The summed E-state index contributed by atoms with van der Waals surface area (Å²) < 4.78 is 5.50. The number of rotatable bonds is 2. The van der Waals surface area contributed by atoms with E-state index in [1.54, 1.807) is 0 Å². The summed E-state index contributed by atoms with van der Waals surface area (Å²) >= 11 is 7.44. The Labute approximate surface area is 92.5 Å². The van der Waals surface area contributed by atoms with Gasteiger partial charge in [0.05, 0.1) is 16.0 Å². The van der Waals surface area contributed by atoms with E-state index >= 15 is 0 Å². The lowest BCUT2D eigenvalue weighted by Crippen LogP contribution is -2.22. The van der Waals surface area contributed by atoms with Gasteiger partial charge in [-0.1, -0.05) is 18.5 Å². The predicted octanol–water partition coefficient (Wildman–Crippen LogP) is 2.86. The molecule has 0 aliphatic carbocycles. The molecule has 0 radical (unpaired) electrons. The van der Waals surface area contributed by atoms with Gasteiger partial charge in [0, 0.05) is 6.61 Å². The normalized spacial score (nSPS) is 29.4. The van der Waals surface area contributed by atoms with Gasteiger partial charge >= 0.3 is 0 Å². The number of aliphatic hydroxyl groups excluding tert-OH is 1.